The minimum absolute atomic E-state index is 0.0743. The van der Waals surface area contributed by atoms with E-state index in [4.69, 9.17) is 0 Å². The van der Waals surface area contributed by atoms with Gasteiger partial charge in [0.15, 0.2) is 0 Å². The molecule has 0 bridgehead atoms. The summed E-state index contributed by atoms with van der Waals surface area (Å²) in [5.41, 5.74) is 3.05. The van der Waals surface area contributed by atoms with Crippen LogP contribution in [-0.4, -0.2) is 34.8 Å². The lowest BCUT2D eigenvalue weighted by atomic mass is 10.1. The van der Waals surface area contributed by atoms with Crippen LogP contribution < -0.4 is 5.32 Å². The molecule has 0 aliphatic carbocycles. The first-order chi connectivity index (χ1) is 12.6. The Kier molecular flexibility index (Phi) is 7.33. The predicted octanol–water partition coefficient (Wildman–Crippen LogP) is 3.58. The van der Waals surface area contributed by atoms with E-state index in [1.807, 2.05) is 49.9 Å². The van der Waals surface area contributed by atoms with Crippen LogP contribution >= 0.6 is 0 Å². The van der Waals surface area contributed by atoms with Gasteiger partial charge in [-0.15, -0.1) is 0 Å². The first kappa shape index (κ1) is 19.6. The summed E-state index contributed by atoms with van der Waals surface area (Å²) in [6, 6.07) is 9.55. The maximum atomic E-state index is 12.7. The molecule has 2 aromatic rings. The highest BCUT2D eigenvalue weighted by Crippen LogP contribution is 2.10. The van der Waals surface area contributed by atoms with Gasteiger partial charge in [0.1, 0.15) is 0 Å². The van der Waals surface area contributed by atoms with Crippen molar-refractivity contribution < 1.29 is 9.59 Å². The van der Waals surface area contributed by atoms with E-state index in [1.165, 1.54) is 12.4 Å². The molecule has 1 aromatic carbocycles. The van der Waals surface area contributed by atoms with Gasteiger partial charge >= 0.3 is 0 Å². The second-order valence-corrected chi connectivity index (χ2v) is 6.36. The van der Waals surface area contributed by atoms with Gasteiger partial charge in [-0.2, -0.15) is 0 Å². The van der Waals surface area contributed by atoms with Crippen molar-refractivity contribution in [3.8, 4) is 0 Å². The molecule has 0 radical (unpaired) electrons. The van der Waals surface area contributed by atoms with E-state index in [-0.39, 0.29) is 11.8 Å². The fourth-order valence-electron chi connectivity index (χ4n) is 2.80. The zero-order chi connectivity index (χ0) is 18.9. The second kappa shape index (κ2) is 9.70. The van der Waals surface area contributed by atoms with Crippen LogP contribution in [0.5, 0.6) is 0 Å². The number of hydrogen-bond donors (Lipinski definition) is 1. The van der Waals surface area contributed by atoms with Crippen molar-refractivity contribution in [1.82, 2.24) is 15.2 Å². The summed E-state index contributed by atoms with van der Waals surface area (Å²) in [5.74, 6) is -0.303. The van der Waals surface area contributed by atoms with E-state index in [9.17, 15) is 9.59 Å². The maximum Gasteiger partial charge on any atom is 0.255 e. The summed E-state index contributed by atoms with van der Waals surface area (Å²) in [4.78, 5) is 31.0. The number of carbonyl (C=O) groups is 2. The van der Waals surface area contributed by atoms with Crippen molar-refractivity contribution in [2.75, 3.05) is 13.1 Å². The van der Waals surface area contributed by atoms with E-state index in [0.29, 0.717) is 30.8 Å². The Morgan fingerprint density at radius 1 is 1.04 bits per heavy atom. The highest BCUT2D eigenvalue weighted by Gasteiger charge is 2.16. The molecule has 5 nitrogen and oxygen atoms in total. The van der Waals surface area contributed by atoms with E-state index in [2.05, 4.69) is 10.3 Å². The van der Waals surface area contributed by atoms with Gasteiger partial charge < -0.3 is 10.2 Å². The molecular weight excluding hydrogens is 326 g/mol. The zero-order valence-electron chi connectivity index (χ0n) is 15.8. The normalized spacial score (nSPS) is 10.4. The minimum atomic E-state index is -0.229. The molecule has 0 saturated heterocycles. The molecule has 0 aliphatic heterocycles. The summed E-state index contributed by atoms with van der Waals surface area (Å²) >= 11 is 0. The Labute approximate surface area is 155 Å². The Balaban J connectivity index is 2.08. The standard InChI is InChI=1S/C21H27N3O2/c1-4-10-24(11-5-2)21(26)19-12-18(13-22-14-19)20(25)23-15-17-9-7-6-8-16(17)3/h6-9,12-14H,4-5,10-11,15H2,1-3H3,(H,23,25). The third-order valence-electron chi connectivity index (χ3n) is 4.22. The van der Waals surface area contributed by atoms with Crippen LogP contribution in [0.3, 0.4) is 0 Å². The molecule has 1 heterocycles. The van der Waals surface area contributed by atoms with Crippen molar-refractivity contribution in [2.45, 2.75) is 40.2 Å². The number of benzene rings is 1. The van der Waals surface area contributed by atoms with Gasteiger partial charge in [0, 0.05) is 32.0 Å². The van der Waals surface area contributed by atoms with Crippen LogP contribution in [0.4, 0.5) is 0 Å². The molecule has 2 amide bonds. The van der Waals surface area contributed by atoms with Gasteiger partial charge in [-0.3, -0.25) is 14.6 Å². The second-order valence-electron chi connectivity index (χ2n) is 6.36. The Hall–Kier alpha value is -2.69. The van der Waals surface area contributed by atoms with Gasteiger partial charge in [0.25, 0.3) is 11.8 Å². The lowest BCUT2D eigenvalue weighted by Gasteiger charge is -2.21. The summed E-state index contributed by atoms with van der Waals surface area (Å²) in [6.07, 6.45) is 4.82. The molecule has 0 spiro atoms. The number of aryl methyl sites for hydroxylation is 1. The summed E-state index contributed by atoms with van der Waals surface area (Å²) in [6.45, 7) is 7.96. The number of carbonyl (C=O) groups excluding carboxylic acids is 2. The number of nitrogens with one attached hydrogen (secondary N) is 1. The highest BCUT2D eigenvalue weighted by molar-refractivity contribution is 5.99. The van der Waals surface area contributed by atoms with Crippen molar-refractivity contribution >= 4 is 11.8 Å². The molecular formula is C21H27N3O2. The molecule has 0 saturated carbocycles. The van der Waals surface area contributed by atoms with Crippen LogP contribution in [0.25, 0.3) is 0 Å². The molecule has 0 fully saturated rings. The average Bonchev–Trinajstić information content (AvgIpc) is 2.66. The van der Waals surface area contributed by atoms with Crippen LogP contribution in [0.1, 0.15) is 58.5 Å². The SMILES string of the molecule is CCCN(CCC)C(=O)c1cncc(C(=O)NCc2ccccc2C)c1. The fraction of sp³-hybridized carbons (Fsp3) is 0.381. The number of hydrogen-bond acceptors (Lipinski definition) is 3. The van der Waals surface area contributed by atoms with Crippen LogP contribution in [-0.2, 0) is 6.54 Å². The van der Waals surface area contributed by atoms with E-state index in [1.54, 1.807) is 6.07 Å². The lowest BCUT2D eigenvalue weighted by Crippen LogP contribution is -2.33. The monoisotopic (exact) mass is 353 g/mol. The molecule has 0 atom stereocenters. The first-order valence-corrected chi connectivity index (χ1v) is 9.13. The largest absolute Gasteiger partial charge is 0.348 e. The molecule has 5 heteroatoms. The Morgan fingerprint density at radius 3 is 2.35 bits per heavy atom. The van der Waals surface area contributed by atoms with Crippen LogP contribution in [0.2, 0.25) is 0 Å². The molecule has 26 heavy (non-hydrogen) atoms. The molecule has 2 rings (SSSR count). The predicted molar refractivity (Wildman–Crippen MR) is 103 cm³/mol. The van der Waals surface area contributed by atoms with Crippen LogP contribution in [0.15, 0.2) is 42.7 Å². The molecule has 0 aliphatic rings. The fourth-order valence-corrected chi connectivity index (χ4v) is 2.80. The lowest BCUT2D eigenvalue weighted by molar-refractivity contribution is 0.0755. The van der Waals surface area contributed by atoms with Crippen LogP contribution in [0, 0.1) is 6.92 Å². The molecule has 1 N–H and O–H groups in total. The van der Waals surface area contributed by atoms with Gasteiger partial charge in [-0.05, 0) is 37.0 Å². The number of nitrogens with zero attached hydrogens (tertiary/aromatic N) is 2. The minimum Gasteiger partial charge on any atom is -0.348 e. The van der Waals surface area contributed by atoms with E-state index in [0.717, 1.165) is 24.0 Å². The van der Waals surface area contributed by atoms with Gasteiger partial charge in [0.2, 0.25) is 0 Å². The number of pyridine rings is 1. The van der Waals surface area contributed by atoms with Gasteiger partial charge in [0.05, 0.1) is 11.1 Å². The maximum absolute atomic E-state index is 12.7. The number of amides is 2. The smallest absolute Gasteiger partial charge is 0.255 e. The molecule has 0 unspecified atom stereocenters. The summed E-state index contributed by atoms with van der Waals surface area (Å²) in [5, 5.41) is 2.90. The average molecular weight is 353 g/mol. The Morgan fingerprint density at radius 2 is 1.69 bits per heavy atom. The third-order valence-corrected chi connectivity index (χ3v) is 4.22. The van der Waals surface area contributed by atoms with Crippen molar-refractivity contribution in [1.29, 1.82) is 0 Å². The van der Waals surface area contributed by atoms with Gasteiger partial charge in [-0.25, -0.2) is 0 Å². The molecule has 1 aromatic heterocycles. The van der Waals surface area contributed by atoms with E-state index < -0.39 is 0 Å². The quantitative estimate of drug-likeness (QED) is 0.789. The third kappa shape index (κ3) is 5.15. The van der Waals surface area contributed by atoms with Gasteiger partial charge in [-0.1, -0.05) is 38.1 Å². The summed E-state index contributed by atoms with van der Waals surface area (Å²) in [7, 11) is 0. The number of rotatable bonds is 8. The topological polar surface area (TPSA) is 62.3 Å². The summed E-state index contributed by atoms with van der Waals surface area (Å²) < 4.78 is 0. The Bertz CT molecular complexity index is 752. The molecule has 138 valence electrons. The van der Waals surface area contributed by atoms with Crippen molar-refractivity contribution in [3.63, 3.8) is 0 Å². The van der Waals surface area contributed by atoms with E-state index >= 15 is 0 Å². The number of aromatic nitrogens is 1. The van der Waals surface area contributed by atoms with Crippen molar-refractivity contribution in [2.24, 2.45) is 0 Å². The highest BCUT2D eigenvalue weighted by atomic mass is 16.2. The zero-order valence-corrected chi connectivity index (χ0v) is 15.8. The first-order valence-electron chi connectivity index (χ1n) is 9.13. The van der Waals surface area contributed by atoms with Crippen molar-refractivity contribution in [3.05, 3.63) is 65.0 Å².